The Morgan fingerprint density at radius 3 is 2.67 bits per heavy atom. The van der Waals surface area contributed by atoms with E-state index in [-0.39, 0.29) is 0 Å². The molecule has 0 aromatic heterocycles. The molecule has 0 bridgehead atoms. The summed E-state index contributed by atoms with van der Waals surface area (Å²) in [6, 6.07) is 0. The molecule has 0 fully saturated rings. The topological polar surface area (TPSA) is 56.5 Å². The molecule has 0 saturated carbocycles. The molecule has 0 rings (SSSR count). The van der Waals surface area contributed by atoms with Gasteiger partial charge in [-0.15, -0.1) is 0 Å². The first-order valence-corrected chi connectivity index (χ1v) is 2.44. The Balaban J connectivity index is 3.99. The number of rotatable bonds is 2. The molecule has 0 aromatic rings. The third kappa shape index (κ3) is 2.58. The van der Waals surface area contributed by atoms with Crippen LogP contribution in [-0.2, 0) is 4.79 Å². The Morgan fingerprint density at radius 2 is 2.33 bits per heavy atom. The molecular formula is C5H9N3O. The lowest BCUT2D eigenvalue weighted by molar-refractivity contribution is -0.114. The Kier molecular flexibility index (Phi) is 3.27. The maximum Gasteiger partial charge on any atom is 0.214 e. The van der Waals surface area contributed by atoms with Crippen LogP contribution in [0.1, 0.15) is 6.92 Å². The van der Waals surface area contributed by atoms with Crippen LogP contribution in [0.4, 0.5) is 0 Å². The van der Waals surface area contributed by atoms with E-state index >= 15 is 0 Å². The lowest BCUT2D eigenvalue weighted by Crippen LogP contribution is -2.21. The number of aliphatic imine (C=N–C) groups is 1. The van der Waals surface area contributed by atoms with Gasteiger partial charge in [0.25, 0.3) is 0 Å². The average Bonchev–Trinajstić information content (AvgIpc) is 1.87. The van der Waals surface area contributed by atoms with E-state index in [1.807, 2.05) is 0 Å². The van der Waals surface area contributed by atoms with Gasteiger partial charge in [0, 0.05) is 7.05 Å². The highest BCUT2D eigenvalue weighted by Crippen LogP contribution is 1.78. The highest BCUT2D eigenvalue weighted by atomic mass is 16.1. The molecule has 1 amide bonds. The summed E-state index contributed by atoms with van der Waals surface area (Å²) >= 11 is 0. The van der Waals surface area contributed by atoms with Crippen molar-refractivity contribution in [2.75, 3.05) is 7.05 Å². The van der Waals surface area contributed by atoms with Crippen LogP contribution in [0.5, 0.6) is 0 Å². The third-order valence-electron chi connectivity index (χ3n) is 0.920. The Labute approximate surface area is 53.7 Å². The molecule has 0 radical (unpaired) electrons. The molecule has 0 aliphatic rings. The predicted molar refractivity (Wildman–Crippen MR) is 35.7 cm³/mol. The fraction of sp³-hybridized carbons (Fsp3) is 0.400. The molecule has 0 atom stereocenters. The summed E-state index contributed by atoms with van der Waals surface area (Å²) in [6.45, 7) is 1.65. The number of carbonyl (C=O) groups is 1. The first-order valence-electron chi connectivity index (χ1n) is 2.44. The minimum atomic E-state index is 0.514. The van der Waals surface area contributed by atoms with Crippen molar-refractivity contribution >= 4 is 18.6 Å². The van der Waals surface area contributed by atoms with Crippen LogP contribution >= 0.6 is 0 Å². The standard InChI is InChI=1S/C5H9N3O/c1-5(7-3-6)8(2)4-9/h3-4,6H,1-2H3. The summed E-state index contributed by atoms with van der Waals surface area (Å²) in [5, 5.41) is 6.55. The van der Waals surface area contributed by atoms with E-state index in [0.717, 1.165) is 6.34 Å². The van der Waals surface area contributed by atoms with Crippen molar-refractivity contribution in [3.05, 3.63) is 0 Å². The average molecular weight is 127 g/mol. The van der Waals surface area contributed by atoms with Crippen molar-refractivity contribution in [3.63, 3.8) is 0 Å². The van der Waals surface area contributed by atoms with Crippen LogP contribution in [0.15, 0.2) is 4.99 Å². The zero-order chi connectivity index (χ0) is 7.28. The monoisotopic (exact) mass is 127 g/mol. The molecule has 0 unspecified atom stereocenters. The predicted octanol–water partition coefficient (Wildman–Crippen LogP) is 0.100. The van der Waals surface area contributed by atoms with Gasteiger partial charge >= 0.3 is 0 Å². The Hall–Kier alpha value is -1.19. The molecule has 4 nitrogen and oxygen atoms in total. The second kappa shape index (κ2) is 3.77. The van der Waals surface area contributed by atoms with Crippen molar-refractivity contribution in [2.45, 2.75) is 6.92 Å². The molecule has 9 heavy (non-hydrogen) atoms. The number of hydrogen-bond acceptors (Lipinski definition) is 2. The van der Waals surface area contributed by atoms with Crippen LogP contribution in [0, 0.1) is 5.41 Å². The van der Waals surface area contributed by atoms with Crippen LogP contribution in [0.2, 0.25) is 0 Å². The smallest absolute Gasteiger partial charge is 0.214 e. The molecule has 0 saturated heterocycles. The molecule has 0 aliphatic heterocycles. The zero-order valence-electron chi connectivity index (χ0n) is 5.46. The quantitative estimate of drug-likeness (QED) is 0.319. The van der Waals surface area contributed by atoms with E-state index < -0.39 is 0 Å². The van der Waals surface area contributed by atoms with Crippen LogP contribution in [0.25, 0.3) is 0 Å². The minimum Gasteiger partial charge on any atom is -0.306 e. The fourth-order valence-electron chi connectivity index (χ4n) is 0.261. The Morgan fingerprint density at radius 1 is 1.78 bits per heavy atom. The summed E-state index contributed by atoms with van der Waals surface area (Å²) in [6.07, 6.45) is 1.54. The van der Waals surface area contributed by atoms with E-state index in [4.69, 9.17) is 5.41 Å². The fourth-order valence-corrected chi connectivity index (χ4v) is 0.261. The maximum absolute atomic E-state index is 9.99. The van der Waals surface area contributed by atoms with E-state index in [2.05, 4.69) is 4.99 Å². The molecular weight excluding hydrogens is 118 g/mol. The van der Waals surface area contributed by atoms with Crippen molar-refractivity contribution in [1.82, 2.24) is 4.90 Å². The van der Waals surface area contributed by atoms with Crippen molar-refractivity contribution < 1.29 is 4.79 Å². The van der Waals surface area contributed by atoms with Gasteiger partial charge in [0.15, 0.2) is 0 Å². The van der Waals surface area contributed by atoms with Gasteiger partial charge in [-0.05, 0) is 6.92 Å². The van der Waals surface area contributed by atoms with Gasteiger partial charge in [0.05, 0.1) is 0 Å². The first kappa shape index (κ1) is 7.81. The van der Waals surface area contributed by atoms with E-state index in [0.29, 0.717) is 12.2 Å². The lowest BCUT2D eigenvalue weighted by Gasteiger charge is -2.06. The SMILES string of the molecule is CC(=NC=N)N(C)C=O. The van der Waals surface area contributed by atoms with E-state index in [1.54, 1.807) is 14.0 Å². The zero-order valence-corrected chi connectivity index (χ0v) is 5.46. The van der Waals surface area contributed by atoms with Gasteiger partial charge in [-0.25, -0.2) is 4.99 Å². The van der Waals surface area contributed by atoms with Gasteiger partial charge < -0.3 is 4.90 Å². The second-order valence-corrected chi connectivity index (χ2v) is 1.52. The highest BCUT2D eigenvalue weighted by molar-refractivity contribution is 5.92. The number of carbonyl (C=O) groups excluding carboxylic acids is 1. The highest BCUT2D eigenvalue weighted by Gasteiger charge is 1.93. The summed E-state index contributed by atoms with van der Waals surface area (Å²) in [5.74, 6) is 0.514. The number of amidine groups is 1. The van der Waals surface area contributed by atoms with Gasteiger partial charge in [-0.3, -0.25) is 10.2 Å². The minimum absolute atomic E-state index is 0.514. The summed E-state index contributed by atoms with van der Waals surface area (Å²) in [4.78, 5) is 14.8. The molecule has 0 spiro atoms. The molecule has 50 valence electrons. The van der Waals surface area contributed by atoms with Crippen molar-refractivity contribution in [3.8, 4) is 0 Å². The summed E-state index contributed by atoms with van der Waals surface area (Å²) in [5.41, 5.74) is 0. The van der Waals surface area contributed by atoms with E-state index in [1.165, 1.54) is 4.90 Å². The number of amides is 1. The van der Waals surface area contributed by atoms with Crippen LogP contribution in [-0.4, -0.2) is 30.5 Å². The van der Waals surface area contributed by atoms with Crippen LogP contribution in [0.3, 0.4) is 0 Å². The molecule has 0 aliphatic carbocycles. The van der Waals surface area contributed by atoms with Crippen molar-refractivity contribution in [1.29, 1.82) is 5.41 Å². The Bertz CT molecular complexity index is 141. The number of hydrogen-bond donors (Lipinski definition) is 1. The van der Waals surface area contributed by atoms with E-state index in [9.17, 15) is 4.79 Å². The molecule has 0 aromatic carbocycles. The maximum atomic E-state index is 9.99. The van der Waals surface area contributed by atoms with Gasteiger partial charge in [-0.2, -0.15) is 0 Å². The molecule has 1 N–H and O–H groups in total. The third-order valence-corrected chi connectivity index (χ3v) is 0.920. The number of nitrogens with zero attached hydrogens (tertiary/aromatic N) is 2. The normalized spacial score (nSPS) is 10.7. The van der Waals surface area contributed by atoms with Crippen LogP contribution < -0.4 is 0 Å². The summed E-state index contributed by atoms with van der Waals surface area (Å²) in [7, 11) is 1.58. The first-order chi connectivity index (χ1) is 4.22. The summed E-state index contributed by atoms with van der Waals surface area (Å²) < 4.78 is 0. The second-order valence-electron chi connectivity index (χ2n) is 1.52. The molecule has 0 heterocycles. The van der Waals surface area contributed by atoms with Gasteiger partial charge in [0.2, 0.25) is 6.41 Å². The van der Waals surface area contributed by atoms with Crippen molar-refractivity contribution in [2.24, 2.45) is 4.99 Å². The van der Waals surface area contributed by atoms with Gasteiger partial charge in [0.1, 0.15) is 12.2 Å². The lowest BCUT2D eigenvalue weighted by atomic mass is 10.6. The largest absolute Gasteiger partial charge is 0.306 e. The number of nitrogens with one attached hydrogen (secondary N) is 1. The molecule has 4 heteroatoms. The van der Waals surface area contributed by atoms with Gasteiger partial charge in [-0.1, -0.05) is 0 Å².